The number of methoxy groups -OCH3 is 1. The highest BCUT2D eigenvalue weighted by atomic mass is 19.4. The molecule has 0 aliphatic rings. The molecule has 37 heavy (non-hydrogen) atoms. The number of benzene rings is 2. The summed E-state index contributed by atoms with van der Waals surface area (Å²) in [6.07, 6.45) is -3.11. The lowest BCUT2D eigenvalue weighted by Crippen LogP contribution is -2.40. The average molecular weight is 515 g/mol. The average Bonchev–Trinajstić information content (AvgIpc) is 3.39. The van der Waals surface area contributed by atoms with Crippen LogP contribution in [0, 0.1) is 0 Å². The number of hydrogen-bond donors (Lipinski definition) is 1. The topological polar surface area (TPSA) is 89.6 Å². The number of hydrogen-bond acceptors (Lipinski definition) is 5. The number of ether oxygens (including phenoxy) is 1. The van der Waals surface area contributed by atoms with Gasteiger partial charge >= 0.3 is 12.2 Å². The van der Waals surface area contributed by atoms with E-state index in [9.17, 15) is 22.8 Å². The van der Waals surface area contributed by atoms with Gasteiger partial charge in [0.15, 0.2) is 0 Å². The second-order valence-electron chi connectivity index (χ2n) is 8.33. The molecule has 2 aromatic carbocycles. The molecule has 0 aliphatic heterocycles. The van der Waals surface area contributed by atoms with Gasteiger partial charge in [-0.3, -0.25) is 9.36 Å². The van der Waals surface area contributed by atoms with E-state index < -0.39 is 23.8 Å². The molecular weight excluding hydrogens is 489 g/mol. The van der Waals surface area contributed by atoms with E-state index in [0.29, 0.717) is 22.5 Å². The number of furan rings is 1. The highest BCUT2D eigenvalue weighted by molar-refractivity contribution is 5.89. The first-order valence-corrected chi connectivity index (χ1v) is 11.4. The van der Waals surface area contributed by atoms with Crippen molar-refractivity contribution in [1.29, 1.82) is 0 Å². The van der Waals surface area contributed by atoms with E-state index in [1.54, 1.807) is 43.3 Å². The van der Waals surface area contributed by atoms with Crippen molar-refractivity contribution >= 4 is 22.6 Å². The van der Waals surface area contributed by atoms with Crippen LogP contribution in [0.2, 0.25) is 0 Å². The Bertz CT molecular complexity index is 1430. The van der Waals surface area contributed by atoms with Gasteiger partial charge in [-0.1, -0.05) is 18.2 Å². The Morgan fingerprint density at radius 2 is 1.95 bits per heavy atom. The minimum absolute atomic E-state index is 0.0219. The van der Waals surface area contributed by atoms with E-state index in [4.69, 9.17) is 9.15 Å². The molecule has 0 fully saturated rings. The third-order valence-corrected chi connectivity index (χ3v) is 5.86. The Labute approximate surface area is 210 Å². The van der Waals surface area contributed by atoms with Crippen LogP contribution in [0.1, 0.15) is 30.1 Å². The van der Waals surface area contributed by atoms with Gasteiger partial charge in [-0.15, -0.1) is 0 Å². The number of nitrogens with one attached hydrogen (secondary N) is 1. The highest BCUT2D eigenvalue weighted by Crippen LogP contribution is 2.31. The van der Waals surface area contributed by atoms with Crippen LogP contribution < -0.4 is 10.9 Å². The summed E-state index contributed by atoms with van der Waals surface area (Å²) in [5.74, 6) is 0.740. The number of carbonyl (C=O) groups excluding carboxylic acids is 1. The Morgan fingerprint density at radius 3 is 2.65 bits per heavy atom. The van der Waals surface area contributed by atoms with Crippen molar-refractivity contribution < 1.29 is 27.1 Å². The number of urea groups is 1. The Hall–Kier alpha value is -4.12. The lowest BCUT2D eigenvalue weighted by Gasteiger charge is -2.30. The molecule has 0 aliphatic carbocycles. The predicted octanol–water partition coefficient (Wildman–Crippen LogP) is 5.45. The number of aromatic nitrogens is 2. The fourth-order valence-electron chi connectivity index (χ4n) is 3.97. The third kappa shape index (κ3) is 5.83. The third-order valence-electron chi connectivity index (χ3n) is 5.86. The molecule has 2 amide bonds. The zero-order valence-corrected chi connectivity index (χ0v) is 20.2. The van der Waals surface area contributed by atoms with Crippen LogP contribution in [-0.2, 0) is 24.0 Å². The van der Waals surface area contributed by atoms with E-state index >= 15 is 0 Å². The van der Waals surface area contributed by atoms with Gasteiger partial charge in [-0.05, 0) is 49.4 Å². The van der Waals surface area contributed by atoms with Crippen LogP contribution in [0.3, 0.4) is 0 Å². The number of amides is 2. The zero-order chi connectivity index (χ0) is 26.6. The van der Waals surface area contributed by atoms with E-state index in [1.807, 2.05) is 0 Å². The Morgan fingerprint density at radius 1 is 1.16 bits per heavy atom. The summed E-state index contributed by atoms with van der Waals surface area (Å²) in [7, 11) is 1.51. The Kier molecular flexibility index (Phi) is 7.63. The van der Waals surface area contributed by atoms with Crippen LogP contribution in [0.25, 0.3) is 10.9 Å². The van der Waals surface area contributed by atoms with Crippen molar-refractivity contribution in [1.82, 2.24) is 14.5 Å². The molecule has 4 aromatic rings. The van der Waals surface area contributed by atoms with E-state index in [1.165, 1.54) is 35.0 Å². The summed E-state index contributed by atoms with van der Waals surface area (Å²) in [4.78, 5) is 32.8. The van der Waals surface area contributed by atoms with Crippen molar-refractivity contribution in [2.24, 2.45) is 0 Å². The number of nitrogens with zero attached hydrogens (tertiary/aromatic N) is 3. The smallest absolute Gasteiger partial charge is 0.416 e. The number of carbonyl (C=O) groups is 1. The van der Waals surface area contributed by atoms with Gasteiger partial charge in [0.1, 0.15) is 11.6 Å². The number of halogens is 3. The van der Waals surface area contributed by atoms with Gasteiger partial charge in [0.25, 0.3) is 5.56 Å². The zero-order valence-electron chi connectivity index (χ0n) is 20.2. The normalized spacial score (nSPS) is 12.5. The van der Waals surface area contributed by atoms with Crippen LogP contribution in [-0.4, -0.2) is 34.2 Å². The highest BCUT2D eigenvalue weighted by Gasteiger charge is 2.31. The second kappa shape index (κ2) is 10.9. The summed E-state index contributed by atoms with van der Waals surface area (Å²) in [5.41, 5.74) is -0.750. The molecular formula is C26H25F3N4O4. The second-order valence-corrected chi connectivity index (χ2v) is 8.33. The van der Waals surface area contributed by atoms with Crippen molar-refractivity contribution in [3.8, 4) is 0 Å². The molecule has 8 nitrogen and oxygen atoms in total. The molecule has 1 N–H and O–H groups in total. The standard InChI is InChI=1S/C26H25F3N4O4/c1-17(23-31-22-11-4-3-10-21(22)24(34)32(23)12-14-36-2)33(16-20-9-6-13-37-20)25(35)30-19-8-5-7-18(15-19)26(27,28)29/h3-11,13,15,17H,12,14,16H2,1-2H3,(H,30,35). The first-order chi connectivity index (χ1) is 17.7. The molecule has 0 bridgehead atoms. The van der Waals surface area contributed by atoms with Crippen LogP contribution in [0.15, 0.2) is 76.1 Å². The molecule has 0 radical (unpaired) electrons. The molecule has 1 atom stereocenters. The summed E-state index contributed by atoms with van der Waals surface area (Å²) < 4.78 is 51.6. The van der Waals surface area contributed by atoms with Crippen molar-refractivity contribution in [2.45, 2.75) is 32.2 Å². The van der Waals surface area contributed by atoms with Crippen LogP contribution in [0.5, 0.6) is 0 Å². The van der Waals surface area contributed by atoms with Gasteiger partial charge in [0.2, 0.25) is 0 Å². The van der Waals surface area contributed by atoms with Crippen LogP contribution in [0.4, 0.5) is 23.7 Å². The SMILES string of the molecule is COCCn1c(C(C)N(Cc2ccco2)C(=O)Nc2cccc(C(F)(F)F)c2)nc2ccccc2c1=O. The lowest BCUT2D eigenvalue weighted by molar-refractivity contribution is -0.137. The van der Waals surface area contributed by atoms with Gasteiger partial charge in [-0.2, -0.15) is 13.2 Å². The lowest BCUT2D eigenvalue weighted by atomic mass is 10.2. The van der Waals surface area contributed by atoms with Gasteiger partial charge < -0.3 is 19.4 Å². The summed E-state index contributed by atoms with van der Waals surface area (Å²) >= 11 is 0. The summed E-state index contributed by atoms with van der Waals surface area (Å²) in [5, 5.41) is 2.95. The molecule has 194 valence electrons. The van der Waals surface area contributed by atoms with E-state index in [2.05, 4.69) is 10.3 Å². The van der Waals surface area contributed by atoms with Gasteiger partial charge in [-0.25, -0.2) is 9.78 Å². The first kappa shape index (κ1) is 26.0. The molecule has 1 unspecified atom stereocenters. The molecule has 0 saturated carbocycles. The van der Waals surface area contributed by atoms with Crippen LogP contribution >= 0.6 is 0 Å². The first-order valence-electron chi connectivity index (χ1n) is 11.4. The monoisotopic (exact) mass is 514 g/mol. The number of rotatable bonds is 8. The minimum atomic E-state index is -4.56. The van der Waals surface area contributed by atoms with Crippen molar-refractivity contribution in [3.63, 3.8) is 0 Å². The number of alkyl halides is 3. The predicted molar refractivity (Wildman–Crippen MR) is 131 cm³/mol. The molecule has 0 saturated heterocycles. The maximum Gasteiger partial charge on any atom is 0.416 e. The maximum absolute atomic E-state index is 13.4. The molecule has 0 spiro atoms. The van der Waals surface area contributed by atoms with E-state index in [-0.39, 0.29) is 30.9 Å². The number of fused-ring (bicyclic) bond motifs is 1. The van der Waals surface area contributed by atoms with Gasteiger partial charge in [0, 0.05) is 12.8 Å². The molecule has 2 aromatic heterocycles. The van der Waals surface area contributed by atoms with Gasteiger partial charge in [0.05, 0.1) is 48.5 Å². The van der Waals surface area contributed by atoms with Crippen molar-refractivity contribution in [2.75, 3.05) is 19.0 Å². The number of anilines is 1. The Balaban J connectivity index is 1.75. The fraction of sp³-hybridized carbons (Fsp3) is 0.269. The minimum Gasteiger partial charge on any atom is -0.467 e. The van der Waals surface area contributed by atoms with Crippen molar-refractivity contribution in [3.05, 3.63) is 94.4 Å². The molecule has 2 heterocycles. The molecule has 4 rings (SSSR count). The summed E-state index contributed by atoms with van der Waals surface area (Å²) in [6, 6.07) is 13.1. The van der Waals surface area contributed by atoms with E-state index in [0.717, 1.165) is 12.1 Å². The number of para-hydroxylation sites is 1. The fourth-order valence-corrected chi connectivity index (χ4v) is 3.97. The maximum atomic E-state index is 13.4. The molecule has 11 heteroatoms. The largest absolute Gasteiger partial charge is 0.467 e. The summed E-state index contributed by atoms with van der Waals surface area (Å²) in [6.45, 7) is 2.09. The quantitative estimate of drug-likeness (QED) is 0.338.